The molecule has 0 radical (unpaired) electrons. The van der Waals surface area contributed by atoms with Gasteiger partial charge in [0.05, 0.1) is 38.5 Å². The maximum Gasteiger partial charge on any atom is 0.163 e. The van der Waals surface area contributed by atoms with E-state index in [0.717, 1.165) is 43.0 Å². The summed E-state index contributed by atoms with van der Waals surface area (Å²) in [6, 6.07) is 17.2. The summed E-state index contributed by atoms with van der Waals surface area (Å²) in [7, 11) is 1.65. The summed E-state index contributed by atoms with van der Waals surface area (Å²) in [5.41, 5.74) is 3.31. The molecule has 7 nitrogen and oxygen atoms in total. The Morgan fingerprint density at radius 2 is 1.83 bits per heavy atom. The lowest BCUT2D eigenvalue weighted by atomic mass is 10.1. The third-order valence-electron chi connectivity index (χ3n) is 6.33. The molecule has 2 aromatic carbocycles. The Bertz CT molecular complexity index is 1330. The molecule has 1 fully saturated rings. The van der Waals surface area contributed by atoms with Gasteiger partial charge in [-0.3, -0.25) is 0 Å². The largest absolute Gasteiger partial charge is 0.493 e. The molecule has 1 aliphatic heterocycles. The summed E-state index contributed by atoms with van der Waals surface area (Å²) in [5.74, 6) is 2.85. The van der Waals surface area contributed by atoms with Gasteiger partial charge in [-0.1, -0.05) is 12.1 Å². The molecule has 1 saturated heterocycles. The van der Waals surface area contributed by atoms with Gasteiger partial charge in [0.1, 0.15) is 11.6 Å². The van der Waals surface area contributed by atoms with Crippen LogP contribution in [0, 0.1) is 6.92 Å². The van der Waals surface area contributed by atoms with Gasteiger partial charge in [-0.2, -0.15) is 0 Å². The molecule has 0 saturated carbocycles. The number of aromatic nitrogens is 2. The number of fused-ring (bicyclic) bond motifs is 1. The van der Waals surface area contributed by atoms with Crippen LogP contribution in [0.3, 0.4) is 0 Å². The lowest BCUT2D eigenvalue weighted by Crippen LogP contribution is -2.36. The van der Waals surface area contributed by atoms with Gasteiger partial charge in [0, 0.05) is 40.0 Å². The summed E-state index contributed by atoms with van der Waals surface area (Å²) < 4.78 is 16.8. The number of nitrogens with one attached hydrogen (secondary N) is 1. The van der Waals surface area contributed by atoms with E-state index in [1.165, 1.54) is 21.0 Å². The van der Waals surface area contributed by atoms with E-state index in [4.69, 9.17) is 19.2 Å². The molecule has 0 spiro atoms. The van der Waals surface area contributed by atoms with Crippen molar-refractivity contribution in [3.63, 3.8) is 0 Å². The van der Waals surface area contributed by atoms with E-state index in [-0.39, 0.29) is 6.04 Å². The molecule has 36 heavy (non-hydrogen) atoms. The van der Waals surface area contributed by atoms with E-state index in [0.29, 0.717) is 23.9 Å². The zero-order chi connectivity index (χ0) is 25.1. The third-order valence-corrected chi connectivity index (χ3v) is 7.64. The first-order valence-electron chi connectivity index (χ1n) is 12.3. The number of morpholine rings is 1. The zero-order valence-electron chi connectivity index (χ0n) is 21.2. The number of rotatable bonds is 8. The fourth-order valence-corrected chi connectivity index (χ4v) is 5.48. The minimum Gasteiger partial charge on any atom is -0.493 e. The van der Waals surface area contributed by atoms with E-state index in [2.05, 4.69) is 58.5 Å². The van der Waals surface area contributed by atoms with Crippen LogP contribution in [0.4, 0.5) is 11.5 Å². The SMILES string of the molecule is CCOc1cc2nc(C)nc(N[C@@H](C)c3ccc(-c4ccc(N5CCOCC5)cc4)s3)c2cc1OC. The first-order chi connectivity index (χ1) is 17.6. The number of thiophene rings is 1. The van der Waals surface area contributed by atoms with Crippen LogP contribution in [0.25, 0.3) is 21.3 Å². The summed E-state index contributed by atoms with van der Waals surface area (Å²) in [5, 5.41) is 4.51. The Labute approximate surface area is 216 Å². The average molecular weight is 505 g/mol. The predicted octanol–water partition coefficient (Wildman–Crippen LogP) is 6.08. The maximum atomic E-state index is 5.74. The van der Waals surface area contributed by atoms with Crippen LogP contribution in [0.2, 0.25) is 0 Å². The Kier molecular flexibility index (Phi) is 7.25. The van der Waals surface area contributed by atoms with E-state index in [1.807, 2.05) is 26.0 Å². The van der Waals surface area contributed by atoms with Gasteiger partial charge in [-0.15, -0.1) is 11.3 Å². The van der Waals surface area contributed by atoms with E-state index < -0.39 is 0 Å². The van der Waals surface area contributed by atoms with Crippen LogP contribution in [0.1, 0.15) is 30.6 Å². The molecule has 188 valence electrons. The number of hydrogen-bond acceptors (Lipinski definition) is 8. The second-order valence-electron chi connectivity index (χ2n) is 8.79. The van der Waals surface area contributed by atoms with Crippen LogP contribution in [-0.4, -0.2) is 50.0 Å². The van der Waals surface area contributed by atoms with Gasteiger partial charge < -0.3 is 24.4 Å². The molecular formula is C28H32N4O3S. The molecule has 0 aliphatic carbocycles. The lowest BCUT2D eigenvalue weighted by molar-refractivity contribution is 0.122. The number of anilines is 2. The molecule has 0 bridgehead atoms. The smallest absolute Gasteiger partial charge is 0.163 e. The van der Waals surface area contributed by atoms with Crippen LogP contribution in [-0.2, 0) is 4.74 Å². The molecule has 5 rings (SSSR count). The molecule has 1 N–H and O–H groups in total. The van der Waals surface area contributed by atoms with Crippen molar-refractivity contribution < 1.29 is 14.2 Å². The standard InChI is InChI=1S/C28H32N4O3S/c1-5-35-25-17-23-22(16-24(25)33-4)28(31-19(3)30-23)29-18(2)26-10-11-27(36-26)20-6-8-21(9-7-20)32-12-14-34-15-13-32/h6-11,16-18H,5,12-15H2,1-4H3,(H,29,30,31)/t18-/m0/s1. The Morgan fingerprint density at radius 3 is 2.56 bits per heavy atom. The summed E-state index contributed by atoms with van der Waals surface area (Å²) in [6.07, 6.45) is 0. The van der Waals surface area contributed by atoms with Gasteiger partial charge in [0.25, 0.3) is 0 Å². The van der Waals surface area contributed by atoms with Crippen molar-refractivity contribution in [3.05, 3.63) is 59.2 Å². The van der Waals surface area contributed by atoms with Crippen LogP contribution < -0.4 is 19.7 Å². The van der Waals surface area contributed by atoms with Gasteiger partial charge >= 0.3 is 0 Å². The van der Waals surface area contributed by atoms with E-state index >= 15 is 0 Å². The minimum atomic E-state index is 0.0754. The minimum absolute atomic E-state index is 0.0754. The quantitative estimate of drug-likeness (QED) is 0.312. The Morgan fingerprint density at radius 1 is 1.06 bits per heavy atom. The van der Waals surface area contributed by atoms with E-state index in [9.17, 15) is 0 Å². The van der Waals surface area contributed by atoms with Crippen LogP contribution >= 0.6 is 11.3 Å². The number of benzene rings is 2. The number of nitrogens with zero attached hydrogens (tertiary/aromatic N) is 3. The molecule has 0 amide bonds. The Balaban J connectivity index is 1.36. The number of methoxy groups -OCH3 is 1. The highest BCUT2D eigenvalue weighted by Crippen LogP contribution is 2.37. The van der Waals surface area contributed by atoms with Crippen LogP contribution in [0.15, 0.2) is 48.5 Å². The predicted molar refractivity (Wildman–Crippen MR) is 147 cm³/mol. The summed E-state index contributed by atoms with van der Waals surface area (Å²) in [4.78, 5) is 14.2. The zero-order valence-corrected chi connectivity index (χ0v) is 22.0. The highest BCUT2D eigenvalue weighted by molar-refractivity contribution is 7.15. The molecule has 3 heterocycles. The topological polar surface area (TPSA) is 68.7 Å². The van der Waals surface area contributed by atoms with E-state index in [1.54, 1.807) is 18.4 Å². The van der Waals surface area contributed by atoms with Gasteiger partial charge in [-0.25, -0.2) is 9.97 Å². The fraction of sp³-hybridized carbons (Fsp3) is 0.357. The monoisotopic (exact) mass is 504 g/mol. The maximum absolute atomic E-state index is 5.74. The molecule has 4 aromatic rings. The summed E-state index contributed by atoms with van der Waals surface area (Å²) in [6.45, 7) is 10.1. The van der Waals surface area contributed by atoms with Crippen molar-refractivity contribution in [2.75, 3.05) is 50.2 Å². The summed E-state index contributed by atoms with van der Waals surface area (Å²) >= 11 is 1.80. The highest BCUT2D eigenvalue weighted by Gasteiger charge is 2.17. The first kappa shape index (κ1) is 24.3. The molecular weight excluding hydrogens is 472 g/mol. The number of ether oxygens (including phenoxy) is 3. The third kappa shape index (κ3) is 5.10. The van der Waals surface area contributed by atoms with Crippen molar-refractivity contribution in [3.8, 4) is 21.9 Å². The van der Waals surface area contributed by atoms with Crippen molar-refractivity contribution in [1.82, 2.24) is 9.97 Å². The van der Waals surface area contributed by atoms with Gasteiger partial charge in [-0.05, 0) is 56.7 Å². The van der Waals surface area contributed by atoms with Gasteiger partial charge in [0.15, 0.2) is 11.5 Å². The molecule has 1 aliphatic rings. The van der Waals surface area contributed by atoms with Gasteiger partial charge in [0.2, 0.25) is 0 Å². The molecule has 2 aromatic heterocycles. The molecule has 8 heteroatoms. The first-order valence-corrected chi connectivity index (χ1v) is 13.2. The van der Waals surface area contributed by atoms with Crippen molar-refractivity contribution in [1.29, 1.82) is 0 Å². The molecule has 1 atom stereocenters. The van der Waals surface area contributed by atoms with Crippen molar-refractivity contribution in [2.24, 2.45) is 0 Å². The Hall–Kier alpha value is -3.36. The van der Waals surface area contributed by atoms with Crippen molar-refractivity contribution in [2.45, 2.75) is 26.8 Å². The number of aryl methyl sites for hydroxylation is 1. The van der Waals surface area contributed by atoms with Crippen molar-refractivity contribution >= 4 is 33.7 Å². The highest BCUT2D eigenvalue weighted by atomic mass is 32.1. The molecule has 0 unspecified atom stereocenters. The second-order valence-corrected chi connectivity index (χ2v) is 9.90. The average Bonchev–Trinajstić information content (AvgIpc) is 3.40. The second kappa shape index (κ2) is 10.7. The normalized spacial score (nSPS) is 14.6. The lowest BCUT2D eigenvalue weighted by Gasteiger charge is -2.28. The van der Waals surface area contributed by atoms with Crippen LogP contribution in [0.5, 0.6) is 11.5 Å². The number of hydrogen-bond donors (Lipinski definition) is 1. The fourth-order valence-electron chi connectivity index (χ4n) is 4.47.